The zero-order chi connectivity index (χ0) is 15.7. The number of fused-ring (bicyclic) bond motifs is 1. The lowest BCUT2D eigenvalue weighted by molar-refractivity contribution is 0.340. The van der Waals surface area contributed by atoms with E-state index in [1.807, 2.05) is 0 Å². The van der Waals surface area contributed by atoms with Gasteiger partial charge in [0.2, 0.25) is 5.95 Å². The highest BCUT2D eigenvalue weighted by atomic mass is 15.3. The number of piperidine rings is 1. The first kappa shape index (κ1) is 15.3. The van der Waals surface area contributed by atoms with Crippen molar-refractivity contribution in [1.82, 2.24) is 15.3 Å². The fourth-order valence-electron chi connectivity index (χ4n) is 3.66. The molecule has 3 rings (SSSR count). The highest BCUT2D eigenvalue weighted by Gasteiger charge is 2.36. The Morgan fingerprint density at radius 3 is 2.82 bits per heavy atom. The summed E-state index contributed by atoms with van der Waals surface area (Å²) < 4.78 is 0. The maximum absolute atomic E-state index is 6.15. The average Bonchev–Trinajstić information content (AvgIpc) is 2.89. The van der Waals surface area contributed by atoms with Crippen LogP contribution in [0.4, 0.5) is 17.6 Å². The molecule has 2 unspecified atom stereocenters. The predicted molar refractivity (Wildman–Crippen MR) is 90.7 cm³/mol. The lowest BCUT2D eigenvalue weighted by Gasteiger charge is -2.24. The molecule has 22 heavy (non-hydrogen) atoms. The van der Waals surface area contributed by atoms with Crippen molar-refractivity contribution >= 4 is 17.6 Å². The second-order valence-corrected chi connectivity index (χ2v) is 7.07. The quantitative estimate of drug-likeness (QED) is 0.779. The van der Waals surface area contributed by atoms with Gasteiger partial charge in [-0.3, -0.25) is 0 Å². The van der Waals surface area contributed by atoms with Gasteiger partial charge in [-0.25, -0.2) is 0 Å². The molecule has 1 aromatic rings. The topological polar surface area (TPSA) is 93.1 Å². The van der Waals surface area contributed by atoms with Gasteiger partial charge in [0.1, 0.15) is 11.6 Å². The van der Waals surface area contributed by atoms with Gasteiger partial charge in [-0.05, 0) is 44.1 Å². The van der Waals surface area contributed by atoms with Crippen molar-refractivity contribution in [3.63, 3.8) is 0 Å². The number of nitrogen functional groups attached to an aromatic ring is 2. The number of nitrogens with zero attached hydrogens (tertiary/aromatic N) is 3. The van der Waals surface area contributed by atoms with Gasteiger partial charge in [0.25, 0.3) is 0 Å². The zero-order valence-corrected chi connectivity index (χ0v) is 13.7. The SMILES string of the molecule is CC(C)CCc1c(N)nc(N)nc1N1CC2CCCNC2C1. The smallest absolute Gasteiger partial charge is 0.223 e. The Morgan fingerprint density at radius 1 is 1.27 bits per heavy atom. The molecule has 2 fully saturated rings. The minimum Gasteiger partial charge on any atom is -0.383 e. The van der Waals surface area contributed by atoms with E-state index >= 15 is 0 Å². The van der Waals surface area contributed by atoms with E-state index in [-0.39, 0.29) is 5.95 Å². The molecule has 1 aromatic heterocycles. The molecule has 0 aliphatic carbocycles. The van der Waals surface area contributed by atoms with E-state index in [0.717, 1.165) is 43.9 Å². The first-order valence-electron chi connectivity index (χ1n) is 8.44. The fraction of sp³-hybridized carbons (Fsp3) is 0.750. The average molecular weight is 304 g/mol. The monoisotopic (exact) mass is 304 g/mol. The molecule has 0 aromatic carbocycles. The first-order chi connectivity index (χ1) is 10.5. The number of nitrogens with two attached hydrogens (primary N) is 2. The van der Waals surface area contributed by atoms with Crippen molar-refractivity contribution < 1.29 is 0 Å². The standard InChI is InChI=1S/C16H28N6/c1-10(2)5-6-12-14(17)20-16(18)21-15(12)22-8-11-4-3-7-19-13(11)9-22/h10-11,13,19H,3-9H2,1-2H3,(H4,17,18,20,21). The van der Waals surface area contributed by atoms with Gasteiger partial charge in [-0.2, -0.15) is 9.97 Å². The minimum atomic E-state index is 0.281. The van der Waals surface area contributed by atoms with Crippen LogP contribution in [0.1, 0.15) is 38.7 Å². The molecule has 2 atom stereocenters. The maximum atomic E-state index is 6.15. The third-order valence-electron chi connectivity index (χ3n) is 4.91. The summed E-state index contributed by atoms with van der Waals surface area (Å²) in [6.07, 6.45) is 4.57. The molecule has 0 radical (unpaired) electrons. The number of anilines is 3. The number of hydrogen-bond donors (Lipinski definition) is 3. The summed E-state index contributed by atoms with van der Waals surface area (Å²) in [5.74, 6) is 3.13. The molecule has 0 spiro atoms. The summed E-state index contributed by atoms with van der Waals surface area (Å²) >= 11 is 0. The van der Waals surface area contributed by atoms with Gasteiger partial charge in [-0.1, -0.05) is 13.8 Å². The van der Waals surface area contributed by atoms with E-state index in [9.17, 15) is 0 Å². The van der Waals surface area contributed by atoms with E-state index in [2.05, 4.69) is 34.0 Å². The molecular formula is C16H28N6. The Labute approximate surface area is 132 Å². The van der Waals surface area contributed by atoms with Crippen LogP contribution in [-0.4, -0.2) is 35.6 Å². The molecule has 0 bridgehead atoms. The van der Waals surface area contributed by atoms with Crippen LogP contribution < -0.4 is 21.7 Å². The molecule has 0 amide bonds. The summed E-state index contributed by atoms with van der Waals surface area (Å²) in [4.78, 5) is 11.1. The second-order valence-electron chi connectivity index (χ2n) is 7.07. The van der Waals surface area contributed by atoms with Gasteiger partial charge >= 0.3 is 0 Å². The fourth-order valence-corrected chi connectivity index (χ4v) is 3.66. The van der Waals surface area contributed by atoms with Crippen molar-refractivity contribution in [2.45, 2.75) is 45.6 Å². The number of aromatic nitrogens is 2. The largest absolute Gasteiger partial charge is 0.383 e. The van der Waals surface area contributed by atoms with Crippen LogP contribution in [0.3, 0.4) is 0 Å². The third-order valence-corrected chi connectivity index (χ3v) is 4.91. The van der Waals surface area contributed by atoms with Crippen molar-refractivity contribution in [3.05, 3.63) is 5.56 Å². The van der Waals surface area contributed by atoms with Crippen molar-refractivity contribution in [3.8, 4) is 0 Å². The molecule has 3 heterocycles. The van der Waals surface area contributed by atoms with Crippen molar-refractivity contribution in [2.75, 3.05) is 36.0 Å². The van der Waals surface area contributed by atoms with E-state index in [0.29, 0.717) is 23.7 Å². The summed E-state index contributed by atoms with van der Waals surface area (Å²) in [7, 11) is 0. The molecule has 5 N–H and O–H groups in total. The maximum Gasteiger partial charge on any atom is 0.223 e. The normalized spacial score (nSPS) is 24.8. The van der Waals surface area contributed by atoms with Crippen LogP contribution in [0, 0.1) is 11.8 Å². The van der Waals surface area contributed by atoms with Crippen LogP contribution in [0.15, 0.2) is 0 Å². The lowest BCUT2D eigenvalue weighted by atomic mass is 9.94. The molecule has 0 saturated carbocycles. The minimum absolute atomic E-state index is 0.281. The molecule has 6 nitrogen and oxygen atoms in total. The van der Waals surface area contributed by atoms with Crippen molar-refractivity contribution in [2.24, 2.45) is 11.8 Å². The Bertz CT molecular complexity index is 516. The Hall–Kier alpha value is -1.56. The van der Waals surface area contributed by atoms with E-state index in [1.54, 1.807) is 0 Å². The Balaban J connectivity index is 1.85. The van der Waals surface area contributed by atoms with E-state index in [4.69, 9.17) is 11.5 Å². The zero-order valence-electron chi connectivity index (χ0n) is 13.7. The third kappa shape index (κ3) is 3.11. The summed E-state index contributed by atoms with van der Waals surface area (Å²) in [6, 6.07) is 0.573. The molecule has 122 valence electrons. The van der Waals surface area contributed by atoms with Crippen LogP contribution in [0.2, 0.25) is 0 Å². The van der Waals surface area contributed by atoms with Crippen LogP contribution in [0.5, 0.6) is 0 Å². The summed E-state index contributed by atoms with van der Waals surface area (Å²) in [5.41, 5.74) is 13.1. The molecule has 6 heteroatoms. The number of nitrogens with one attached hydrogen (secondary N) is 1. The molecule has 2 aliphatic rings. The summed E-state index contributed by atoms with van der Waals surface area (Å²) in [5, 5.41) is 3.63. The molecular weight excluding hydrogens is 276 g/mol. The van der Waals surface area contributed by atoms with E-state index in [1.165, 1.54) is 12.8 Å². The number of hydrogen-bond acceptors (Lipinski definition) is 6. The lowest BCUT2D eigenvalue weighted by Crippen LogP contribution is -2.40. The highest BCUT2D eigenvalue weighted by Crippen LogP contribution is 2.32. The van der Waals surface area contributed by atoms with Gasteiger partial charge in [0.15, 0.2) is 0 Å². The van der Waals surface area contributed by atoms with Crippen LogP contribution in [-0.2, 0) is 6.42 Å². The molecule has 2 saturated heterocycles. The predicted octanol–water partition coefficient (Wildman–Crippen LogP) is 1.42. The Kier molecular flexibility index (Phi) is 4.38. The van der Waals surface area contributed by atoms with Crippen LogP contribution >= 0.6 is 0 Å². The van der Waals surface area contributed by atoms with Gasteiger partial charge in [0, 0.05) is 24.7 Å². The van der Waals surface area contributed by atoms with Gasteiger partial charge < -0.3 is 21.7 Å². The second kappa shape index (κ2) is 6.28. The van der Waals surface area contributed by atoms with Gasteiger partial charge in [-0.15, -0.1) is 0 Å². The van der Waals surface area contributed by atoms with Crippen LogP contribution in [0.25, 0.3) is 0 Å². The van der Waals surface area contributed by atoms with Gasteiger partial charge in [0.05, 0.1) is 0 Å². The first-order valence-corrected chi connectivity index (χ1v) is 8.44. The highest BCUT2D eigenvalue weighted by molar-refractivity contribution is 5.60. The Morgan fingerprint density at radius 2 is 2.09 bits per heavy atom. The number of rotatable bonds is 4. The molecule has 2 aliphatic heterocycles. The van der Waals surface area contributed by atoms with E-state index < -0.39 is 0 Å². The summed E-state index contributed by atoms with van der Waals surface area (Å²) in [6.45, 7) is 7.62. The van der Waals surface area contributed by atoms with Crippen molar-refractivity contribution in [1.29, 1.82) is 0 Å².